The summed E-state index contributed by atoms with van der Waals surface area (Å²) in [5.74, 6) is 5.22. The van der Waals surface area contributed by atoms with Gasteiger partial charge in [0.25, 0.3) is 0 Å². The maximum atomic E-state index is 15.2. The first-order valence-corrected chi connectivity index (χ1v) is 10.7. The molecule has 3 heteroatoms. The minimum absolute atomic E-state index is 0.0635. The molecule has 0 amide bonds. The van der Waals surface area contributed by atoms with Crippen molar-refractivity contribution in [3.05, 3.63) is 119 Å². The summed E-state index contributed by atoms with van der Waals surface area (Å²) in [6, 6.07) is 22.9. The Balaban J connectivity index is 1.58. The van der Waals surface area contributed by atoms with E-state index in [1.54, 1.807) is 36.4 Å². The summed E-state index contributed by atoms with van der Waals surface area (Å²) in [4.78, 5) is 0. The van der Waals surface area contributed by atoms with Crippen LogP contribution >= 0.6 is 0 Å². The van der Waals surface area contributed by atoms with Gasteiger partial charge in [-0.2, -0.15) is 5.26 Å². The van der Waals surface area contributed by atoms with Gasteiger partial charge in [0.2, 0.25) is 0 Å². The Morgan fingerprint density at radius 2 is 1.61 bits per heavy atom. The normalized spacial score (nSPS) is 10.7. The van der Waals surface area contributed by atoms with Crippen LogP contribution in [0.2, 0.25) is 0 Å². The van der Waals surface area contributed by atoms with Gasteiger partial charge in [-0.1, -0.05) is 60.4 Å². The van der Waals surface area contributed by atoms with E-state index in [2.05, 4.69) is 36.1 Å². The Bertz CT molecular complexity index is 1450. The van der Waals surface area contributed by atoms with Gasteiger partial charge >= 0.3 is 0 Å². The standard InChI is InChI=1S/C30H21F2N/c1-2-3-4-5-21-6-8-22(9-7-21)10-11-23-12-16-27-24(18-23)15-17-28(30(27)32)25-13-14-26(20-33)29(31)19-25/h2-3,6-9,12-19H,4-5H2,1H3/b3-2+. The highest BCUT2D eigenvalue weighted by Gasteiger charge is 2.12. The molecule has 0 atom stereocenters. The second-order valence-corrected chi connectivity index (χ2v) is 7.72. The lowest BCUT2D eigenvalue weighted by molar-refractivity contribution is 0.623. The number of hydrogen-bond donors (Lipinski definition) is 0. The van der Waals surface area contributed by atoms with Crippen LogP contribution in [-0.4, -0.2) is 0 Å². The smallest absolute Gasteiger partial charge is 0.141 e. The second-order valence-electron chi connectivity index (χ2n) is 7.72. The van der Waals surface area contributed by atoms with Crippen molar-refractivity contribution in [3.63, 3.8) is 0 Å². The van der Waals surface area contributed by atoms with E-state index < -0.39 is 11.6 Å². The maximum Gasteiger partial charge on any atom is 0.141 e. The zero-order chi connectivity index (χ0) is 23.2. The lowest BCUT2D eigenvalue weighted by Gasteiger charge is -2.08. The van der Waals surface area contributed by atoms with Crippen LogP contribution in [0.5, 0.6) is 0 Å². The molecule has 0 aliphatic heterocycles. The molecule has 4 aromatic rings. The number of aryl methyl sites for hydroxylation is 1. The number of hydrogen-bond acceptors (Lipinski definition) is 1. The van der Waals surface area contributed by atoms with Gasteiger partial charge in [-0.05, 0) is 72.7 Å². The van der Waals surface area contributed by atoms with Gasteiger partial charge in [0.15, 0.2) is 0 Å². The third-order valence-electron chi connectivity index (χ3n) is 5.50. The highest BCUT2D eigenvalue weighted by atomic mass is 19.1. The third kappa shape index (κ3) is 5.00. The van der Waals surface area contributed by atoms with Crippen LogP contribution in [0.25, 0.3) is 21.9 Å². The van der Waals surface area contributed by atoms with Crippen LogP contribution < -0.4 is 0 Å². The Kier molecular flexibility index (Phi) is 6.63. The number of benzene rings is 4. The minimum Gasteiger partial charge on any atom is -0.206 e. The fourth-order valence-electron chi connectivity index (χ4n) is 3.68. The van der Waals surface area contributed by atoms with Crippen LogP contribution in [-0.2, 0) is 6.42 Å². The summed E-state index contributed by atoms with van der Waals surface area (Å²) >= 11 is 0. The topological polar surface area (TPSA) is 23.8 Å². The van der Waals surface area contributed by atoms with Crippen LogP contribution in [0.1, 0.15) is 35.6 Å². The highest BCUT2D eigenvalue weighted by Crippen LogP contribution is 2.30. The number of allylic oxidation sites excluding steroid dienone is 2. The van der Waals surface area contributed by atoms with E-state index in [-0.39, 0.29) is 5.56 Å². The quantitative estimate of drug-likeness (QED) is 0.241. The average Bonchev–Trinajstić information content (AvgIpc) is 2.84. The molecule has 160 valence electrons. The maximum absolute atomic E-state index is 15.2. The van der Waals surface area contributed by atoms with E-state index >= 15 is 4.39 Å². The molecule has 4 aromatic carbocycles. The number of fused-ring (bicyclic) bond motifs is 1. The second kappa shape index (κ2) is 9.94. The Hall–Kier alpha value is -4.21. The fourth-order valence-corrected chi connectivity index (χ4v) is 3.68. The van der Waals surface area contributed by atoms with Crippen molar-refractivity contribution in [1.82, 2.24) is 0 Å². The third-order valence-corrected chi connectivity index (χ3v) is 5.50. The van der Waals surface area contributed by atoms with Gasteiger partial charge in [-0.15, -0.1) is 0 Å². The van der Waals surface area contributed by atoms with Gasteiger partial charge in [0.1, 0.15) is 17.7 Å². The van der Waals surface area contributed by atoms with E-state index in [1.807, 2.05) is 25.1 Å². The Morgan fingerprint density at radius 3 is 2.33 bits per heavy atom. The summed E-state index contributed by atoms with van der Waals surface area (Å²) in [5, 5.41) is 10.1. The molecule has 0 saturated heterocycles. The first-order valence-electron chi connectivity index (χ1n) is 10.7. The summed E-state index contributed by atoms with van der Waals surface area (Å²) < 4.78 is 29.2. The molecule has 0 radical (unpaired) electrons. The van der Waals surface area contributed by atoms with Crippen molar-refractivity contribution in [1.29, 1.82) is 5.26 Å². The molecular formula is C30H21F2N. The molecule has 1 nitrogen and oxygen atoms in total. The van der Waals surface area contributed by atoms with Crippen molar-refractivity contribution in [2.75, 3.05) is 0 Å². The van der Waals surface area contributed by atoms with E-state index in [9.17, 15) is 4.39 Å². The molecule has 0 aromatic heterocycles. The number of halogens is 2. The van der Waals surface area contributed by atoms with Crippen molar-refractivity contribution in [2.24, 2.45) is 0 Å². The predicted octanol–water partition coefficient (Wildman–Crippen LogP) is 7.57. The number of nitriles is 1. The minimum atomic E-state index is -0.661. The predicted molar refractivity (Wildman–Crippen MR) is 130 cm³/mol. The summed E-state index contributed by atoms with van der Waals surface area (Å²) in [6.45, 7) is 2.02. The zero-order valence-corrected chi connectivity index (χ0v) is 18.2. The largest absolute Gasteiger partial charge is 0.206 e. The van der Waals surface area contributed by atoms with Crippen LogP contribution in [0.15, 0.2) is 84.9 Å². The molecule has 0 aliphatic rings. The van der Waals surface area contributed by atoms with Gasteiger partial charge in [0, 0.05) is 22.1 Å². The van der Waals surface area contributed by atoms with E-state index in [0.717, 1.165) is 29.4 Å². The Labute approximate surface area is 192 Å². The fraction of sp³-hybridized carbons (Fsp3) is 0.100. The molecular weight excluding hydrogens is 412 g/mol. The first kappa shape index (κ1) is 22.0. The number of rotatable bonds is 4. The molecule has 0 saturated carbocycles. The summed E-state index contributed by atoms with van der Waals surface area (Å²) in [6.07, 6.45) is 6.24. The molecule has 0 bridgehead atoms. The molecule has 33 heavy (non-hydrogen) atoms. The molecule has 4 rings (SSSR count). The molecule has 0 fully saturated rings. The summed E-state index contributed by atoms with van der Waals surface area (Å²) in [5.41, 5.74) is 3.61. The summed E-state index contributed by atoms with van der Waals surface area (Å²) in [7, 11) is 0. The lowest BCUT2D eigenvalue weighted by Crippen LogP contribution is -1.90. The van der Waals surface area contributed by atoms with Crippen molar-refractivity contribution in [3.8, 4) is 29.0 Å². The van der Waals surface area contributed by atoms with Gasteiger partial charge in [-0.3, -0.25) is 0 Å². The first-order chi connectivity index (χ1) is 16.1. The van der Waals surface area contributed by atoms with Gasteiger partial charge in [0.05, 0.1) is 5.56 Å². The van der Waals surface area contributed by atoms with E-state index in [1.165, 1.54) is 17.7 Å². The van der Waals surface area contributed by atoms with Gasteiger partial charge in [-0.25, -0.2) is 8.78 Å². The molecule has 0 heterocycles. The van der Waals surface area contributed by atoms with E-state index in [0.29, 0.717) is 16.5 Å². The van der Waals surface area contributed by atoms with Crippen molar-refractivity contribution >= 4 is 10.8 Å². The SMILES string of the molecule is C/C=C/CCc1ccc(C#Cc2ccc3c(F)c(-c4ccc(C#N)c(F)c4)ccc3c2)cc1. The molecule has 0 unspecified atom stereocenters. The van der Waals surface area contributed by atoms with Crippen LogP contribution in [0.3, 0.4) is 0 Å². The lowest BCUT2D eigenvalue weighted by atomic mass is 9.98. The molecule has 0 spiro atoms. The van der Waals surface area contributed by atoms with Crippen molar-refractivity contribution in [2.45, 2.75) is 19.8 Å². The molecule has 0 N–H and O–H groups in total. The van der Waals surface area contributed by atoms with Crippen molar-refractivity contribution < 1.29 is 8.78 Å². The Morgan fingerprint density at radius 1 is 0.848 bits per heavy atom. The molecule has 0 aliphatic carbocycles. The monoisotopic (exact) mass is 433 g/mol. The zero-order valence-electron chi connectivity index (χ0n) is 18.2. The average molecular weight is 434 g/mol. The van der Waals surface area contributed by atoms with Crippen LogP contribution in [0.4, 0.5) is 8.78 Å². The van der Waals surface area contributed by atoms with E-state index in [4.69, 9.17) is 5.26 Å². The number of nitrogens with zero attached hydrogens (tertiary/aromatic N) is 1. The van der Waals surface area contributed by atoms with Crippen LogP contribution in [0, 0.1) is 34.8 Å². The van der Waals surface area contributed by atoms with Gasteiger partial charge < -0.3 is 0 Å². The highest BCUT2D eigenvalue weighted by molar-refractivity contribution is 5.89.